The molecule has 1 aliphatic rings. The standard InChI is InChI=1S/C7H15N3O3S/c1-14(12,13)10-5-3-2-4-6(10)7(8)9-11/h6,11H,2-5H2,1H3,(H2,8,9). The van der Waals surface area contributed by atoms with Gasteiger partial charge in [0.25, 0.3) is 0 Å². The molecule has 0 aromatic heterocycles. The first-order chi connectivity index (χ1) is 6.46. The van der Waals surface area contributed by atoms with E-state index >= 15 is 0 Å². The van der Waals surface area contributed by atoms with E-state index in [0.717, 1.165) is 19.1 Å². The van der Waals surface area contributed by atoms with E-state index in [-0.39, 0.29) is 5.84 Å². The van der Waals surface area contributed by atoms with Crippen molar-refractivity contribution in [2.75, 3.05) is 12.8 Å². The first-order valence-electron chi connectivity index (χ1n) is 4.41. The summed E-state index contributed by atoms with van der Waals surface area (Å²) in [5.74, 6) is -0.0323. The molecule has 0 radical (unpaired) electrons. The van der Waals surface area contributed by atoms with E-state index in [4.69, 9.17) is 10.9 Å². The Labute approximate surface area is 83.4 Å². The maximum Gasteiger partial charge on any atom is 0.211 e. The van der Waals surface area contributed by atoms with Gasteiger partial charge in [0.05, 0.1) is 12.3 Å². The van der Waals surface area contributed by atoms with Crippen LogP contribution in [0.5, 0.6) is 0 Å². The van der Waals surface area contributed by atoms with Gasteiger partial charge in [-0.2, -0.15) is 4.31 Å². The molecule has 0 spiro atoms. The predicted molar refractivity (Wildman–Crippen MR) is 52.6 cm³/mol. The molecule has 1 aliphatic heterocycles. The van der Waals surface area contributed by atoms with Gasteiger partial charge in [-0.3, -0.25) is 0 Å². The number of amidine groups is 1. The molecule has 1 unspecified atom stereocenters. The number of hydrogen-bond donors (Lipinski definition) is 2. The number of nitrogens with zero attached hydrogens (tertiary/aromatic N) is 2. The highest BCUT2D eigenvalue weighted by Gasteiger charge is 2.32. The normalized spacial score (nSPS) is 26.4. The number of oxime groups is 1. The van der Waals surface area contributed by atoms with Gasteiger partial charge in [-0.25, -0.2) is 8.42 Å². The largest absolute Gasteiger partial charge is 0.409 e. The SMILES string of the molecule is CS(=O)(=O)N1CCCCC1C(N)=NO. The molecule has 1 atom stereocenters. The van der Waals surface area contributed by atoms with Crippen LogP contribution in [0.1, 0.15) is 19.3 Å². The van der Waals surface area contributed by atoms with E-state index in [0.29, 0.717) is 13.0 Å². The van der Waals surface area contributed by atoms with Crippen molar-refractivity contribution in [3.63, 3.8) is 0 Å². The zero-order valence-corrected chi connectivity index (χ0v) is 8.87. The summed E-state index contributed by atoms with van der Waals surface area (Å²) < 4.78 is 24.0. The fraction of sp³-hybridized carbons (Fsp3) is 0.857. The molecule has 0 amide bonds. The van der Waals surface area contributed by atoms with Gasteiger partial charge >= 0.3 is 0 Å². The van der Waals surface area contributed by atoms with Crippen molar-refractivity contribution < 1.29 is 13.6 Å². The molecular weight excluding hydrogens is 206 g/mol. The van der Waals surface area contributed by atoms with E-state index in [1.165, 1.54) is 4.31 Å². The molecule has 1 saturated heterocycles. The van der Waals surface area contributed by atoms with Gasteiger partial charge in [0.1, 0.15) is 0 Å². The molecule has 3 N–H and O–H groups in total. The lowest BCUT2D eigenvalue weighted by atomic mass is 10.0. The van der Waals surface area contributed by atoms with Gasteiger partial charge < -0.3 is 10.9 Å². The minimum Gasteiger partial charge on any atom is -0.409 e. The minimum atomic E-state index is -3.27. The summed E-state index contributed by atoms with van der Waals surface area (Å²) in [5, 5.41) is 11.4. The predicted octanol–water partition coefficient (Wildman–Crippen LogP) is -0.453. The Balaban J connectivity index is 2.91. The average Bonchev–Trinajstić information content (AvgIpc) is 2.15. The smallest absolute Gasteiger partial charge is 0.211 e. The van der Waals surface area contributed by atoms with Gasteiger partial charge in [0.2, 0.25) is 10.0 Å². The van der Waals surface area contributed by atoms with Crippen LogP contribution in [0.15, 0.2) is 5.16 Å². The molecule has 0 saturated carbocycles. The Kier molecular flexibility index (Phi) is 3.33. The van der Waals surface area contributed by atoms with Crippen molar-refractivity contribution in [3.8, 4) is 0 Å². The number of nitrogens with two attached hydrogens (primary N) is 1. The molecule has 6 nitrogen and oxygen atoms in total. The fourth-order valence-electron chi connectivity index (χ4n) is 1.66. The molecule has 1 heterocycles. The topological polar surface area (TPSA) is 96.0 Å². The number of hydrogen-bond acceptors (Lipinski definition) is 4. The third-order valence-electron chi connectivity index (χ3n) is 2.34. The first kappa shape index (κ1) is 11.3. The van der Waals surface area contributed by atoms with Gasteiger partial charge in [0.15, 0.2) is 5.84 Å². The summed E-state index contributed by atoms with van der Waals surface area (Å²) in [6, 6.07) is -0.483. The lowest BCUT2D eigenvalue weighted by molar-refractivity contribution is 0.282. The van der Waals surface area contributed by atoms with E-state index in [9.17, 15) is 8.42 Å². The maximum absolute atomic E-state index is 11.4. The Morgan fingerprint density at radius 3 is 2.71 bits per heavy atom. The average molecular weight is 221 g/mol. The molecule has 0 bridgehead atoms. The molecule has 0 aromatic carbocycles. The molecule has 7 heteroatoms. The van der Waals surface area contributed by atoms with Crippen LogP contribution in [-0.4, -0.2) is 42.6 Å². The molecule has 82 valence electrons. The monoisotopic (exact) mass is 221 g/mol. The van der Waals surface area contributed by atoms with Gasteiger partial charge in [0, 0.05) is 6.54 Å². The molecule has 0 aliphatic carbocycles. The zero-order valence-electron chi connectivity index (χ0n) is 8.05. The zero-order chi connectivity index (χ0) is 10.8. The van der Waals surface area contributed by atoms with Crippen molar-refractivity contribution in [2.45, 2.75) is 25.3 Å². The minimum absolute atomic E-state index is 0.0323. The summed E-state index contributed by atoms with van der Waals surface area (Å²) >= 11 is 0. The van der Waals surface area contributed by atoms with Crippen molar-refractivity contribution in [2.24, 2.45) is 10.9 Å². The van der Waals surface area contributed by atoms with E-state index in [1.807, 2.05) is 0 Å². The summed E-state index contributed by atoms with van der Waals surface area (Å²) in [6.45, 7) is 0.444. The van der Waals surface area contributed by atoms with E-state index < -0.39 is 16.1 Å². The summed E-state index contributed by atoms with van der Waals surface area (Å²) in [4.78, 5) is 0. The fourth-order valence-corrected chi connectivity index (χ4v) is 2.80. The Morgan fingerprint density at radius 2 is 2.21 bits per heavy atom. The lowest BCUT2D eigenvalue weighted by Gasteiger charge is -2.32. The Bertz CT molecular complexity index is 325. The summed E-state index contributed by atoms with van der Waals surface area (Å²) in [7, 11) is -3.27. The van der Waals surface area contributed by atoms with Crippen LogP contribution in [-0.2, 0) is 10.0 Å². The molecule has 14 heavy (non-hydrogen) atoms. The Hall–Kier alpha value is -0.820. The summed E-state index contributed by atoms with van der Waals surface area (Å²) in [5.41, 5.74) is 5.43. The van der Waals surface area contributed by atoms with Crippen LogP contribution in [0.2, 0.25) is 0 Å². The van der Waals surface area contributed by atoms with Crippen LogP contribution in [0.25, 0.3) is 0 Å². The van der Waals surface area contributed by atoms with E-state index in [1.54, 1.807) is 0 Å². The van der Waals surface area contributed by atoms with Crippen molar-refractivity contribution in [1.29, 1.82) is 0 Å². The maximum atomic E-state index is 11.4. The van der Waals surface area contributed by atoms with Gasteiger partial charge in [-0.05, 0) is 12.8 Å². The van der Waals surface area contributed by atoms with Crippen molar-refractivity contribution >= 4 is 15.9 Å². The summed E-state index contributed by atoms with van der Waals surface area (Å²) in [6.07, 6.45) is 3.47. The molecule has 1 fully saturated rings. The number of rotatable bonds is 2. The number of piperidine rings is 1. The molecule has 1 rings (SSSR count). The molecular formula is C7H15N3O3S. The van der Waals surface area contributed by atoms with Crippen LogP contribution in [0.4, 0.5) is 0 Å². The number of sulfonamides is 1. The third kappa shape index (κ3) is 2.36. The second-order valence-corrected chi connectivity index (χ2v) is 5.35. The van der Waals surface area contributed by atoms with Gasteiger partial charge in [-0.1, -0.05) is 11.6 Å². The third-order valence-corrected chi connectivity index (χ3v) is 3.63. The van der Waals surface area contributed by atoms with Crippen molar-refractivity contribution in [1.82, 2.24) is 4.31 Å². The second kappa shape index (κ2) is 4.14. The highest BCUT2D eigenvalue weighted by atomic mass is 32.2. The van der Waals surface area contributed by atoms with E-state index in [2.05, 4.69) is 5.16 Å². The first-order valence-corrected chi connectivity index (χ1v) is 6.26. The van der Waals surface area contributed by atoms with Crippen LogP contribution >= 0.6 is 0 Å². The highest BCUT2D eigenvalue weighted by Crippen LogP contribution is 2.19. The van der Waals surface area contributed by atoms with Gasteiger partial charge in [-0.15, -0.1) is 0 Å². The quantitative estimate of drug-likeness (QED) is 0.285. The second-order valence-electron chi connectivity index (χ2n) is 3.41. The highest BCUT2D eigenvalue weighted by molar-refractivity contribution is 7.88. The Morgan fingerprint density at radius 1 is 1.57 bits per heavy atom. The van der Waals surface area contributed by atoms with Crippen LogP contribution in [0, 0.1) is 0 Å². The van der Waals surface area contributed by atoms with Crippen molar-refractivity contribution in [3.05, 3.63) is 0 Å². The lowest BCUT2D eigenvalue weighted by Crippen LogP contribution is -2.50. The van der Waals surface area contributed by atoms with Crippen LogP contribution in [0.3, 0.4) is 0 Å². The van der Waals surface area contributed by atoms with Crippen LogP contribution < -0.4 is 5.73 Å². The molecule has 0 aromatic rings.